The van der Waals surface area contributed by atoms with Crippen molar-refractivity contribution in [2.75, 3.05) is 26.7 Å². The van der Waals surface area contributed by atoms with E-state index in [9.17, 15) is 4.79 Å². The highest BCUT2D eigenvalue weighted by molar-refractivity contribution is 14.0. The summed E-state index contributed by atoms with van der Waals surface area (Å²) in [6.45, 7) is 2.96. The predicted molar refractivity (Wildman–Crippen MR) is 120 cm³/mol. The smallest absolute Gasteiger partial charge is 0.308 e. The van der Waals surface area contributed by atoms with Gasteiger partial charge in [-0.05, 0) is 30.5 Å². The molecule has 0 bridgehead atoms. The summed E-state index contributed by atoms with van der Waals surface area (Å²) in [6.07, 6.45) is 4.07. The van der Waals surface area contributed by atoms with Gasteiger partial charge in [0.05, 0.1) is 25.8 Å². The normalized spacial score (nSPS) is 15.0. The van der Waals surface area contributed by atoms with Gasteiger partial charge in [-0.1, -0.05) is 30.3 Å². The molecule has 152 valence electrons. The molecule has 6 nitrogen and oxygen atoms in total. The molecule has 1 aromatic carbocycles. The molecule has 0 atom stereocenters. The molecule has 1 N–H and O–H groups in total. The molecular weight excluding hydrogens is 469 g/mol. The van der Waals surface area contributed by atoms with E-state index in [1.165, 1.54) is 12.7 Å². The van der Waals surface area contributed by atoms with Gasteiger partial charge in [0.2, 0.25) is 0 Å². The Hall–Kier alpha value is -2.03. The lowest BCUT2D eigenvalue weighted by Crippen LogP contribution is -2.47. The van der Waals surface area contributed by atoms with E-state index in [0.717, 1.165) is 50.6 Å². The fourth-order valence-corrected chi connectivity index (χ4v) is 3.26. The Kier molecular flexibility index (Phi) is 9.33. The van der Waals surface area contributed by atoms with Gasteiger partial charge in [0.25, 0.3) is 0 Å². The lowest BCUT2D eigenvalue weighted by Gasteiger charge is -2.33. The first-order valence-corrected chi connectivity index (χ1v) is 9.43. The van der Waals surface area contributed by atoms with Crippen molar-refractivity contribution >= 4 is 35.9 Å². The monoisotopic (exact) mass is 497 g/mol. The van der Waals surface area contributed by atoms with Crippen LogP contribution >= 0.6 is 24.0 Å². The summed E-state index contributed by atoms with van der Waals surface area (Å²) in [5, 5.41) is 3.46. The molecular formula is C21H28IN3O3. The largest absolute Gasteiger partial charge is 0.469 e. The number of benzene rings is 1. The van der Waals surface area contributed by atoms with Crippen LogP contribution in [0.2, 0.25) is 0 Å². The number of carbonyl (C=O) groups excluding carboxylic acids is 1. The van der Waals surface area contributed by atoms with Gasteiger partial charge in [0, 0.05) is 26.1 Å². The van der Waals surface area contributed by atoms with Gasteiger partial charge in [-0.25, -0.2) is 4.99 Å². The number of carbonyl (C=O) groups is 1. The second kappa shape index (κ2) is 11.7. The number of esters is 1. The molecule has 1 saturated heterocycles. The minimum atomic E-state index is -0.108. The number of methoxy groups -OCH3 is 1. The summed E-state index contributed by atoms with van der Waals surface area (Å²) in [6, 6.07) is 14.1. The van der Waals surface area contributed by atoms with Gasteiger partial charge in [-0.2, -0.15) is 0 Å². The van der Waals surface area contributed by atoms with E-state index in [1.807, 2.05) is 30.3 Å². The first kappa shape index (κ1) is 22.3. The molecule has 0 amide bonds. The van der Waals surface area contributed by atoms with E-state index in [-0.39, 0.29) is 35.9 Å². The van der Waals surface area contributed by atoms with Crippen molar-refractivity contribution in [1.29, 1.82) is 0 Å². The highest BCUT2D eigenvalue weighted by Crippen LogP contribution is 2.18. The maximum atomic E-state index is 11.8. The zero-order chi connectivity index (χ0) is 18.9. The number of nitrogens with zero attached hydrogens (tertiary/aromatic N) is 2. The molecule has 0 saturated carbocycles. The average Bonchev–Trinajstić information content (AvgIpc) is 3.24. The number of nitrogens with one attached hydrogen (secondary N) is 1. The van der Waals surface area contributed by atoms with E-state index < -0.39 is 0 Å². The maximum Gasteiger partial charge on any atom is 0.308 e. The Morgan fingerprint density at radius 3 is 2.61 bits per heavy atom. The molecule has 1 aromatic heterocycles. The highest BCUT2D eigenvalue weighted by Gasteiger charge is 2.27. The van der Waals surface area contributed by atoms with Crippen LogP contribution in [0.3, 0.4) is 0 Å². The summed E-state index contributed by atoms with van der Waals surface area (Å²) in [5.74, 6) is 1.72. The molecule has 28 heavy (non-hydrogen) atoms. The van der Waals surface area contributed by atoms with Crippen LogP contribution in [0.5, 0.6) is 0 Å². The van der Waals surface area contributed by atoms with E-state index in [0.29, 0.717) is 6.54 Å². The Morgan fingerprint density at radius 2 is 1.96 bits per heavy atom. The second-order valence-corrected chi connectivity index (χ2v) is 6.67. The number of hydrogen-bond acceptors (Lipinski definition) is 4. The number of halogens is 1. The lowest BCUT2D eigenvalue weighted by atomic mass is 9.97. The molecule has 0 unspecified atom stereocenters. The minimum absolute atomic E-state index is 0. The molecule has 3 rings (SSSR count). The van der Waals surface area contributed by atoms with Crippen LogP contribution in [0.1, 0.15) is 24.2 Å². The summed E-state index contributed by atoms with van der Waals surface area (Å²) in [7, 11) is 1.46. The van der Waals surface area contributed by atoms with Crippen molar-refractivity contribution in [2.45, 2.75) is 25.8 Å². The summed E-state index contributed by atoms with van der Waals surface area (Å²) in [5.41, 5.74) is 1.17. The molecule has 0 radical (unpaired) electrons. The van der Waals surface area contributed by atoms with Gasteiger partial charge in [-0.15, -0.1) is 24.0 Å². The topological polar surface area (TPSA) is 67.1 Å². The van der Waals surface area contributed by atoms with Crippen molar-refractivity contribution in [1.82, 2.24) is 10.2 Å². The predicted octanol–water partition coefficient (Wildman–Crippen LogP) is 3.47. The van der Waals surface area contributed by atoms with Crippen LogP contribution in [0.25, 0.3) is 0 Å². The number of aliphatic imine (C=N–C) groups is 1. The fourth-order valence-electron chi connectivity index (χ4n) is 3.26. The molecule has 1 aliphatic heterocycles. The third kappa shape index (κ3) is 6.54. The maximum absolute atomic E-state index is 11.8. The van der Waals surface area contributed by atoms with Crippen molar-refractivity contribution in [3.05, 3.63) is 60.1 Å². The molecule has 0 aliphatic carbocycles. The van der Waals surface area contributed by atoms with Gasteiger partial charge in [0.1, 0.15) is 5.76 Å². The molecule has 0 spiro atoms. The minimum Gasteiger partial charge on any atom is -0.469 e. The number of ether oxygens (including phenoxy) is 1. The SMILES string of the molecule is COC(=O)C1CCN(C(=NCc2ccccc2)NCCc2ccco2)CC1.I. The zero-order valence-electron chi connectivity index (χ0n) is 16.2. The van der Waals surface area contributed by atoms with Crippen LogP contribution in [0.15, 0.2) is 58.1 Å². The van der Waals surface area contributed by atoms with E-state index in [4.69, 9.17) is 14.1 Å². The van der Waals surface area contributed by atoms with E-state index in [1.54, 1.807) is 6.26 Å². The zero-order valence-corrected chi connectivity index (χ0v) is 18.5. The third-order valence-corrected chi connectivity index (χ3v) is 4.82. The van der Waals surface area contributed by atoms with Crippen molar-refractivity contribution < 1.29 is 13.9 Å². The molecule has 1 aliphatic rings. The summed E-state index contributed by atoms with van der Waals surface area (Å²) >= 11 is 0. The first-order chi connectivity index (χ1) is 13.3. The number of likely N-dealkylation sites (tertiary alicyclic amines) is 1. The molecule has 2 heterocycles. The number of hydrogen-bond donors (Lipinski definition) is 1. The van der Waals surface area contributed by atoms with Crippen LogP contribution in [-0.2, 0) is 22.5 Å². The van der Waals surface area contributed by atoms with Gasteiger partial charge in [0.15, 0.2) is 5.96 Å². The van der Waals surface area contributed by atoms with Gasteiger partial charge < -0.3 is 19.4 Å². The number of guanidine groups is 1. The quantitative estimate of drug-likeness (QED) is 0.287. The van der Waals surface area contributed by atoms with E-state index in [2.05, 4.69) is 22.3 Å². The highest BCUT2D eigenvalue weighted by atomic mass is 127. The standard InChI is InChI=1S/C21H27N3O3.HI/c1-26-20(25)18-10-13-24(14-11-18)21(22-12-9-19-8-5-15-27-19)23-16-17-6-3-2-4-7-17;/h2-8,15,18H,9-14,16H2,1H3,(H,22,23);1H. The van der Waals surface area contributed by atoms with Crippen molar-refractivity contribution in [3.8, 4) is 0 Å². The first-order valence-electron chi connectivity index (χ1n) is 9.43. The fraction of sp³-hybridized carbons (Fsp3) is 0.429. The number of piperidine rings is 1. The number of rotatable bonds is 6. The Morgan fingerprint density at radius 1 is 1.21 bits per heavy atom. The van der Waals surface area contributed by atoms with Crippen molar-refractivity contribution in [3.63, 3.8) is 0 Å². The summed E-state index contributed by atoms with van der Waals surface area (Å²) < 4.78 is 10.3. The summed E-state index contributed by atoms with van der Waals surface area (Å²) in [4.78, 5) is 18.8. The number of furan rings is 1. The van der Waals surface area contributed by atoms with Gasteiger partial charge >= 0.3 is 5.97 Å². The van der Waals surface area contributed by atoms with Crippen LogP contribution < -0.4 is 5.32 Å². The third-order valence-electron chi connectivity index (χ3n) is 4.82. The van der Waals surface area contributed by atoms with Crippen molar-refractivity contribution in [2.24, 2.45) is 10.9 Å². The lowest BCUT2D eigenvalue weighted by molar-refractivity contribution is -0.146. The van der Waals surface area contributed by atoms with E-state index >= 15 is 0 Å². The second-order valence-electron chi connectivity index (χ2n) is 6.67. The van der Waals surface area contributed by atoms with Crippen LogP contribution in [0.4, 0.5) is 0 Å². The molecule has 1 fully saturated rings. The van der Waals surface area contributed by atoms with Crippen LogP contribution in [-0.4, -0.2) is 43.6 Å². The Bertz CT molecular complexity index is 727. The average molecular weight is 497 g/mol. The Labute approximate surface area is 183 Å². The Balaban J connectivity index is 0.00000280. The molecule has 2 aromatic rings. The van der Waals surface area contributed by atoms with Crippen LogP contribution in [0, 0.1) is 5.92 Å². The van der Waals surface area contributed by atoms with Gasteiger partial charge in [-0.3, -0.25) is 4.79 Å². The molecule has 7 heteroatoms.